The Morgan fingerprint density at radius 2 is 2.11 bits per heavy atom. The Balaban J connectivity index is 3.29. The maximum Gasteiger partial charge on any atom is 0.312 e. The van der Waals surface area contributed by atoms with Crippen molar-refractivity contribution < 1.29 is 14.8 Å². The number of hydrogen-bond acceptors (Lipinski definition) is 4. The molecular formula is C12H16N2O4. The summed E-state index contributed by atoms with van der Waals surface area (Å²) in [7, 11) is 0. The average molecular weight is 252 g/mol. The smallest absolute Gasteiger partial charge is 0.312 e. The number of nitrogens with zero attached hydrogens (tertiary/aromatic N) is 2. The van der Waals surface area contributed by atoms with Crippen molar-refractivity contribution in [1.29, 1.82) is 0 Å². The average Bonchev–Trinajstić information content (AvgIpc) is 2.24. The summed E-state index contributed by atoms with van der Waals surface area (Å²) in [6.45, 7) is 5.43. The number of carboxylic acid groups (broad SMARTS) is 1. The fourth-order valence-corrected chi connectivity index (χ4v) is 1.78. The first kappa shape index (κ1) is 14.1. The molecule has 0 amide bonds. The minimum absolute atomic E-state index is 0.0428. The first-order chi connectivity index (χ1) is 8.32. The molecule has 1 aromatic heterocycles. The van der Waals surface area contributed by atoms with Crippen LogP contribution in [0.3, 0.4) is 0 Å². The number of aromatic nitrogens is 1. The summed E-state index contributed by atoms with van der Waals surface area (Å²) >= 11 is 0. The van der Waals surface area contributed by atoms with Crippen LogP contribution in [0.4, 0.5) is 5.69 Å². The van der Waals surface area contributed by atoms with Gasteiger partial charge in [-0.3, -0.25) is 19.9 Å². The van der Waals surface area contributed by atoms with Crippen LogP contribution < -0.4 is 0 Å². The minimum Gasteiger partial charge on any atom is -0.481 e. The molecule has 1 atom stereocenters. The zero-order valence-electron chi connectivity index (χ0n) is 10.6. The van der Waals surface area contributed by atoms with E-state index in [1.807, 2.05) is 13.8 Å². The van der Waals surface area contributed by atoms with Crippen LogP contribution >= 0.6 is 0 Å². The molecule has 0 aliphatic heterocycles. The van der Waals surface area contributed by atoms with Gasteiger partial charge in [0, 0.05) is 11.8 Å². The van der Waals surface area contributed by atoms with Gasteiger partial charge in [0.05, 0.1) is 4.92 Å². The molecular weight excluding hydrogens is 236 g/mol. The zero-order chi connectivity index (χ0) is 13.9. The summed E-state index contributed by atoms with van der Waals surface area (Å²) in [5, 5.41) is 20.1. The molecule has 0 radical (unpaired) electrons. The maximum absolute atomic E-state index is 11.3. The van der Waals surface area contributed by atoms with Crippen LogP contribution in [0.1, 0.15) is 37.6 Å². The summed E-state index contributed by atoms with van der Waals surface area (Å²) < 4.78 is 0. The maximum atomic E-state index is 11.3. The molecule has 0 aromatic carbocycles. The van der Waals surface area contributed by atoms with Gasteiger partial charge in [-0.1, -0.05) is 13.8 Å². The number of carbonyl (C=O) groups is 1. The Labute approximate surface area is 105 Å². The number of rotatable bonds is 5. The first-order valence-electron chi connectivity index (χ1n) is 5.67. The van der Waals surface area contributed by atoms with E-state index in [1.165, 1.54) is 12.1 Å². The van der Waals surface area contributed by atoms with Gasteiger partial charge in [-0.05, 0) is 25.3 Å². The number of aliphatic carboxylic acids is 1. The van der Waals surface area contributed by atoms with Crippen molar-refractivity contribution in [3.63, 3.8) is 0 Å². The number of aryl methyl sites for hydroxylation is 1. The third-order valence-corrected chi connectivity index (χ3v) is 2.57. The van der Waals surface area contributed by atoms with Crippen LogP contribution in [0.25, 0.3) is 0 Å². The molecule has 1 rings (SSSR count). The minimum atomic E-state index is -1.08. The van der Waals surface area contributed by atoms with E-state index in [-0.39, 0.29) is 17.3 Å². The summed E-state index contributed by atoms with van der Waals surface area (Å²) in [5.74, 6) is -1.90. The van der Waals surface area contributed by atoms with Crippen LogP contribution in [0.15, 0.2) is 12.1 Å². The Bertz CT molecular complexity index is 471. The lowest BCUT2D eigenvalue weighted by atomic mass is 9.93. The van der Waals surface area contributed by atoms with Gasteiger partial charge in [-0.2, -0.15) is 0 Å². The molecule has 1 unspecified atom stereocenters. The monoisotopic (exact) mass is 252 g/mol. The van der Waals surface area contributed by atoms with Gasteiger partial charge in [-0.25, -0.2) is 0 Å². The van der Waals surface area contributed by atoms with E-state index in [9.17, 15) is 20.0 Å². The Kier molecular flexibility index (Phi) is 4.36. The fourth-order valence-electron chi connectivity index (χ4n) is 1.78. The Hall–Kier alpha value is -1.98. The van der Waals surface area contributed by atoms with Gasteiger partial charge in [0.25, 0.3) is 5.69 Å². The van der Waals surface area contributed by atoms with Gasteiger partial charge in [0.1, 0.15) is 11.6 Å². The van der Waals surface area contributed by atoms with Crippen molar-refractivity contribution in [2.75, 3.05) is 0 Å². The van der Waals surface area contributed by atoms with E-state index in [0.717, 1.165) is 0 Å². The standard InChI is InChI=1S/C12H16N2O4/c1-7(2)6-9(12(15)16)11-10(14(17)18)5-4-8(3)13-11/h4-5,7,9H,6H2,1-3H3,(H,15,16). The van der Waals surface area contributed by atoms with Gasteiger partial charge < -0.3 is 5.11 Å². The molecule has 0 saturated heterocycles. The summed E-state index contributed by atoms with van der Waals surface area (Å²) in [6, 6.07) is 2.82. The van der Waals surface area contributed by atoms with Gasteiger partial charge in [0.2, 0.25) is 0 Å². The second kappa shape index (κ2) is 5.57. The lowest BCUT2D eigenvalue weighted by Gasteiger charge is -2.14. The van der Waals surface area contributed by atoms with Crippen LogP contribution in [0.5, 0.6) is 0 Å². The Morgan fingerprint density at radius 3 is 2.56 bits per heavy atom. The highest BCUT2D eigenvalue weighted by molar-refractivity contribution is 5.77. The molecule has 0 fully saturated rings. The molecule has 0 bridgehead atoms. The van der Waals surface area contributed by atoms with Crippen LogP contribution in [-0.2, 0) is 4.79 Å². The Morgan fingerprint density at radius 1 is 1.50 bits per heavy atom. The second-order valence-electron chi connectivity index (χ2n) is 4.63. The molecule has 6 heteroatoms. The number of nitro groups is 1. The quantitative estimate of drug-likeness (QED) is 0.641. The van der Waals surface area contributed by atoms with Crippen LogP contribution in [0, 0.1) is 23.0 Å². The fraction of sp³-hybridized carbons (Fsp3) is 0.500. The summed E-state index contributed by atoms with van der Waals surface area (Å²) in [4.78, 5) is 25.6. The molecule has 6 nitrogen and oxygen atoms in total. The van der Waals surface area contributed by atoms with Crippen molar-refractivity contribution in [2.24, 2.45) is 5.92 Å². The van der Waals surface area contributed by atoms with Crippen molar-refractivity contribution in [1.82, 2.24) is 4.98 Å². The lowest BCUT2D eigenvalue weighted by Crippen LogP contribution is -2.17. The molecule has 0 aliphatic rings. The zero-order valence-corrected chi connectivity index (χ0v) is 10.6. The lowest BCUT2D eigenvalue weighted by molar-refractivity contribution is -0.386. The third-order valence-electron chi connectivity index (χ3n) is 2.57. The highest BCUT2D eigenvalue weighted by Gasteiger charge is 2.30. The predicted molar refractivity (Wildman–Crippen MR) is 65.5 cm³/mol. The topological polar surface area (TPSA) is 93.3 Å². The molecule has 1 aromatic rings. The van der Waals surface area contributed by atoms with E-state index in [4.69, 9.17) is 0 Å². The molecule has 1 N–H and O–H groups in total. The van der Waals surface area contributed by atoms with E-state index in [1.54, 1.807) is 6.92 Å². The second-order valence-corrected chi connectivity index (χ2v) is 4.63. The van der Waals surface area contributed by atoms with Crippen LogP contribution in [-0.4, -0.2) is 21.0 Å². The summed E-state index contributed by atoms with van der Waals surface area (Å²) in [5.41, 5.74) is 0.389. The summed E-state index contributed by atoms with van der Waals surface area (Å²) in [6.07, 6.45) is 0.326. The first-order valence-corrected chi connectivity index (χ1v) is 5.67. The highest BCUT2D eigenvalue weighted by Crippen LogP contribution is 2.30. The van der Waals surface area contributed by atoms with Crippen molar-refractivity contribution >= 4 is 11.7 Å². The van der Waals surface area contributed by atoms with Gasteiger partial charge in [-0.15, -0.1) is 0 Å². The molecule has 1 heterocycles. The SMILES string of the molecule is Cc1ccc([N+](=O)[O-])c(C(CC(C)C)C(=O)O)n1. The van der Waals surface area contributed by atoms with E-state index in [2.05, 4.69) is 4.98 Å². The normalized spacial score (nSPS) is 12.4. The van der Waals surface area contributed by atoms with E-state index in [0.29, 0.717) is 12.1 Å². The molecule has 0 saturated carbocycles. The number of pyridine rings is 1. The number of carboxylic acids is 1. The predicted octanol–water partition coefficient (Wildman–Crippen LogP) is 2.51. The van der Waals surface area contributed by atoms with Gasteiger partial charge >= 0.3 is 5.97 Å². The van der Waals surface area contributed by atoms with Crippen molar-refractivity contribution in [3.05, 3.63) is 33.6 Å². The largest absolute Gasteiger partial charge is 0.481 e. The highest BCUT2D eigenvalue weighted by atomic mass is 16.6. The molecule has 0 aliphatic carbocycles. The van der Waals surface area contributed by atoms with Crippen molar-refractivity contribution in [3.8, 4) is 0 Å². The third kappa shape index (κ3) is 3.26. The van der Waals surface area contributed by atoms with Gasteiger partial charge in [0.15, 0.2) is 0 Å². The molecule has 0 spiro atoms. The molecule has 98 valence electrons. The van der Waals surface area contributed by atoms with Crippen molar-refractivity contribution in [2.45, 2.75) is 33.1 Å². The van der Waals surface area contributed by atoms with Crippen LogP contribution in [0.2, 0.25) is 0 Å². The van der Waals surface area contributed by atoms with E-state index < -0.39 is 16.8 Å². The number of hydrogen-bond donors (Lipinski definition) is 1. The van der Waals surface area contributed by atoms with E-state index >= 15 is 0 Å². The molecule has 18 heavy (non-hydrogen) atoms.